The van der Waals surface area contributed by atoms with Crippen molar-refractivity contribution >= 4 is 34.9 Å². The molecule has 2 aromatic carbocycles. The SMILES string of the molecule is Cc1[nH]c2ccc(F)cc2c1CCNCc1c(F)cccc1Cl.Cl. The Kier molecular flexibility index (Phi) is 6.21. The van der Waals surface area contributed by atoms with Gasteiger partial charge in [-0.15, -0.1) is 12.4 Å². The average molecular weight is 371 g/mol. The van der Waals surface area contributed by atoms with E-state index in [1.165, 1.54) is 12.1 Å². The van der Waals surface area contributed by atoms with E-state index in [4.69, 9.17) is 11.6 Å². The second kappa shape index (κ2) is 7.97. The molecule has 2 N–H and O–H groups in total. The molecule has 0 aliphatic carbocycles. The Bertz CT molecular complexity index is 826. The van der Waals surface area contributed by atoms with Gasteiger partial charge >= 0.3 is 0 Å². The number of rotatable bonds is 5. The molecule has 6 heteroatoms. The van der Waals surface area contributed by atoms with Gasteiger partial charge in [0.15, 0.2) is 0 Å². The summed E-state index contributed by atoms with van der Waals surface area (Å²) in [6.07, 6.45) is 0.724. The molecule has 0 bridgehead atoms. The molecule has 1 aromatic heterocycles. The lowest BCUT2D eigenvalue weighted by Gasteiger charge is -2.08. The Balaban J connectivity index is 0.00000208. The van der Waals surface area contributed by atoms with Gasteiger partial charge in [0, 0.05) is 33.7 Å². The highest BCUT2D eigenvalue weighted by atomic mass is 35.5. The highest BCUT2D eigenvalue weighted by Crippen LogP contribution is 2.23. The predicted octanol–water partition coefficient (Wildman–Crippen LogP) is 5.16. The van der Waals surface area contributed by atoms with E-state index in [9.17, 15) is 8.78 Å². The van der Waals surface area contributed by atoms with Crippen LogP contribution in [-0.4, -0.2) is 11.5 Å². The molecule has 0 spiro atoms. The van der Waals surface area contributed by atoms with E-state index in [1.807, 2.05) is 6.92 Å². The molecule has 1 heterocycles. The molecule has 0 radical (unpaired) electrons. The summed E-state index contributed by atoms with van der Waals surface area (Å²) in [7, 11) is 0. The van der Waals surface area contributed by atoms with Crippen molar-refractivity contribution in [3.05, 3.63) is 69.9 Å². The van der Waals surface area contributed by atoms with E-state index >= 15 is 0 Å². The van der Waals surface area contributed by atoms with Gasteiger partial charge in [-0.1, -0.05) is 17.7 Å². The van der Waals surface area contributed by atoms with Crippen molar-refractivity contribution in [2.24, 2.45) is 0 Å². The van der Waals surface area contributed by atoms with Gasteiger partial charge in [0.1, 0.15) is 11.6 Å². The van der Waals surface area contributed by atoms with E-state index in [-0.39, 0.29) is 24.0 Å². The Labute approximate surface area is 150 Å². The number of aromatic nitrogens is 1. The monoisotopic (exact) mass is 370 g/mol. The largest absolute Gasteiger partial charge is 0.358 e. The molecule has 0 amide bonds. The average Bonchev–Trinajstić information content (AvgIpc) is 2.81. The Hall–Kier alpha value is -1.62. The van der Waals surface area contributed by atoms with Crippen molar-refractivity contribution in [2.75, 3.05) is 6.54 Å². The zero-order valence-corrected chi connectivity index (χ0v) is 14.7. The minimum Gasteiger partial charge on any atom is -0.358 e. The fourth-order valence-corrected chi connectivity index (χ4v) is 3.03. The Morgan fingerprint density at radius 2 is 1.92 bits per heavy atom. The number of aromatic amines is 1. The van der Waals surface area contributed by atoms with Gasteiger partial charge in [-0.3, -0.25) is 0 Å². The minimum absolute atomic E-state index is 0. The first-order valence-electron chi connectivity index (χ1n) is 7.46. The van der Waals surface area contributed by atoms with E-state index < -0.39 is 0 Å². The van der Waals surface area contributed by atoms with Crippen LogP contribution < -0.4 is 5.32 Å². The smallest absolute Gasteiger partial charge is 0.129 e. The van der Waals surface area contributed by atoms with Crippen LogP contribution in [0.15, 0.2) is 36.4 Å². The molecule has 24 heavy (non-hydrogen) atoms. The van der Waals surface area contributed by atoms with Gasteiger partial charge in [0.25, 0.3) is 0 Å². The molecule has 0 saturated carbocycles. The first-order chi connectivity index (χ1) is 11.1. The minimum atomic E-state index is -0.310. The zero-order valence-electron chi connectivity index (χ0n) is 13.1. The van der Waals surface area contributed by atoms with Gasteiger partial charge in [-0.2, -0.15) is 0 Å². The molecular weight excluding hydrogens is 353 g/mol. The van der Waals surface area contributed by atoms with Gasteiger partial charge in [-0.05, 0) is 55.8 Å². The molecule has 0 fully saturated rings. The number of H-pyrrole nitrogens is 1. The fraction of sp³-hybridized carbons (Fsp3) is 0.222. The van der Waals surface area contributed by atoms with Gasteiger partial charge in [0.05, 0.1) is 0 Å². The highest BCUT2D eigenvalue weighted by molar-refractivity contribution is 6.31. The molecule has 0 atom stereocenters. The van der Waals surface area contributed by atoms with Gasteiger partial charge < -0.3 is 10.3 Å². The molecule has 128 valence electrons. The fourth-order valence-electron chi connectivity index (χ4n) is 2.80. The van der Waals surface area contributed by atoms with Crippen LogP contribution in [0.4, 0.5) is 8.78 Å². The third-order valence-corrected chi connectivity index (χ3v) is 4.35. The zero-order chi connectivity index (χ0) is 16.4. The Morgan fingerprint density at radius 3 is 2.67 bits per heavy atom. The van der Waals surface area contributed by atoms with Gasteiger partial charge in [0.2, 0.25) is 0 Å². The summed E-state index contributed by atoms with van der Waals surface area (Å²) < 4.78 is 27.1. The maximum absolute atomic E-state index is 13.7. The molecule has 3 rings (SSSR count). The van der Waals surface area contributed by atoms with Crippen LogP contribution in [0.1, 0.15) is 16.8 Å². The van der Waals surface area contributed by atoms with Crippen LogP contribution in [0.5, 0.6) is 0 Å². The number of aryl methyl sites for hydroxylation is 1. The maximum atomic E-state index is 13.7. The topological polar surface area (TPSA) is 27.8 Å². The summed E-state index contributed by atoms with van der Waals surface area (Å²) in [5.74, 6) is -0.556. The normalized spacial score (nSPS) is 10.8. The molecule has 0 saturated heterocycles. The summed E-state index contributed by atoms with van der Waals surface area (Å²) in [5.41, 5.74) is 3.50. The van der Waals surface area contributed by atoms with Crippen LogP contribution in [0.25, 0.3) is 10.9 Å². The van der Waals surface area contributed by atoms with Crippen molar-refractivity contribution in [1.29, 1.82) is 0 Å². The van der Waals surface area contributed by atoms with E-state index in [2.05, 4.69) is 10.3 Å². The standard InChI is InChI=1S/C18H17ClF2N2.ClH/c1-11-13(14-9-12(20)5-6-18(14)23-11)7-8-22-10-15-16(19)3-2-4-17(15)21;/h2-6,9,22-23H,7-8,10H2,1H3;1H. The second-order valence-electron chi connectivity index (χ2n) is 5.55. The summed E-state index contributed by atoms with van der Waals surface area (Å²) in [4.78, 5) is 3.26. The molecule has 3 aromatic rings. The molecule has 0 aliphatic rings. The predicted molar refractivity (Wildman–Crippen MR) is 97.1 cm³/mol. The number of benzene rings is 2. The van der Waals surface area contributed by atoms with Crippen LogP contribution in [0.3, 0.4) is 0 Å². The molecule has 2 nitrogen and oxygen atoms in total. The van der Waals surface area contributed by atoms with Crippen molar-refractivity contribution in [3.8, 4) is 0 Å². The quantitative estimate of drug-likeness (QED) is 0.596. The third kappa shape index (κ3) is 3.89. The molecular formula is C18H18Cl2F2N2. The van der Waals surface area contributed by atoms with Crippen LogP contribution in [0.2, 0.25) is 5.02 Å². The first kappa shape index (κ1) is 18.7. The number of hydrogen-bond acceptors (Lipinski definition) is 1. The highest BCUT2D eigenvalue weighted by Gasteiger charge is 2.10. The van der Waals surface area contributed by atoms with E-state index in [1.54, 1.807) is 24.3 Å². The maximum Gasteiger partial charge on any atom is 0.129 e. The van der Waals surface area contributed by atoms with Crippen molar-refractivity contribution in [2.45, 2.75) is 19.9 Å². The lowest BCUT2D eigenvalue weighted by Crippen LogP contribution is -2.18. The van der Waals surface area contributed by atoms with Crippen molar-refractivity contribution in [1.82, 2.24) is 10.3 Å². The number of hydrogen-bond donors (Lipinski definition) is 2. The second-order valence-corrected chi connectivity index (χ2v) is 5.95. The van der Waals surface area contributed by atoms with E-state index in [0.29, 0.717) is 23.7 Å². The summed E-state index contributed by atoms with van der Waals surface area (Å²) in [6.45, 7) is 2.98. The molecule has 0 unspecified atom stereocenters. The number of halogens is 4. The van der Waals surface area contributed by atoms with Crippen LogP contribution in [0, 0.1) is 18.6 Å². The molecule has 0 aliphatic heterocycles. The summed E-state index contributed by atoms with van der Waals surface area (Å²) in [6, 6.07) is 9.39. The number of fused-ring (bicyclic) bond motifs is 1. The van der Waals surface area contributed by atoms with Crippen molar-refractivity contribution in [3.63, 3.8) is 0 Å². The lowest BCUT2D eigenvalue weighted by molar-refractivity contribution is 0.588. The Morgan fingerprint density at radius 1 is 1.12 bits per heavy atom. The summed E-state index contributed by atoms with van der Waals surface area (Å²) in [5, 5.41) is 4.51. The lowest BCUT2D eigenvalue weighted by atomic mass is 10.1. The first-order valence-corrected chi connectivity index (χ1v) is 7.84. The summed E-state index contributed by atoms with van der Waals surface area (Å²) >= 11 is 6.00. The van der Waals surface area contributed by atoms with Gasteiger partial charge in [-0.25, -0.2) is 8.78 Å². The van der Waals surface area contributed by atoms with E-state index in [0.717, 1.165) is 28.6 Å². The van der Waals surface area contributed by atoms with Crippen LogP contribution in [-0.2, 0) is 13.0 Å². The van der Waals surface area contributed by atoms with Crippen molar-refractivity contribution < 1.29 is 8.78 Å². The third-order valence-electron chi connectivity index (χ3n) is 4.00. The number of nitrogens with one attached hydrogen (secondary N) is 2. The van der Waals surface area contributed by atoms with Crippen LogP contribution >= 0.6 is 24.0 Å².